The molecule has 0 radical (unpaired) electrons. The van der Waals surface area contributed by atoms with Crippen molar-refractivity contribution in [1.82, 2.24) is 9.78 Å². The van der Waals surface area contributed by atoms with Gasteiger partial charge in [-0.05, 0) is 18.6 Å². The van der Waals surface area contributed by atoms with Gasteiger partial charge < -0.3 is 10.5 Å². The monoisotopic (exact) mass is 229 g/mol. The van der Waals surface area contributed by atoms with Crippen LogP contribution in [0.1, 0.15) is 16.8 Å². The molecule has 4 heteroatoms. The Bertz CT molecular complexity index is 560. The summed E-state index contributed by atoms with van der Waals surface area (Å²) in [4.78, 5) is 0. The summed E-state index contributed by atoms with van der Waals surface area (Å²) in [6, 6.07) is 8.11. The molecule has 0 fully saturated rings. The molecule has 0 atom stereocenters. The van der Waals surface area contributed by atoms with Crippen molar-refractivity contribution in [2.45, 2.75) is 20.0 Å². The molecule has 2 heterocycles. The average Bonchev–Trinajstić information content (AvgIpc) is 2.68. The predicted octanol–water partition coefficient (Wildman–Crippen LogP) is 1.84. The van der Waals surface area contributed by atoms with Gasteiger partial charge in [0.2, 0.25) is 0 Å². The quantitative estimate of drug-likeness (QED) is 0.811. The third-order valence-corrected chi connectivity index (χ3v) is 3.19. The standard InChI is InChI=1S/C13H15N3O/c1-9-4-2-3-5-12(9)16-13(14)10-6-7-17-8-11(10)15-16/h2-5H,6-8,14H2,1H3. The fraction of sp³-hybridized carbons (Fsp3) is 0.308. The fourth-order valence-electron chi connectivity index (χ4n) is 2.23. The Morgan fingerprint density at radius 3 is 2.94 bits per heavy atom. The lowest BCUT2D eigenvalue weighted by Gasteiger charge is -2.10. The lowest BCUT2D eigenvalue weighted by Crippen LogP contribution is -2.09. The van der Waals surface area contributed by atoms with Gasteiger partial charge in [-0.25, -0.2) is 4.68 Å². The number of nitrogens with zero attached hydrogens (tertiary/aromatic N) is 2. The number of fused-ring (bicyclic) bond motifs is 1. The molecule has 0 spiro atoms. The zero-order valence-corrected chi connectivity index (χ0v) is 9.81. The highest BCUT2D eigenvalue weighted by Gasteiger charge is 2.20. The zero-order chi connectivity index (χ0) is 11.8. The van der Waals surface area contributed by atoms with Crippen LogP contribution in [-0.4, -0.2) is 16.4 Å². The first-order chi connectivity index (χ1) is 8.27. The van der Waals surface area contributed by atoms with Gasteiger partial charge in [-0.2, -0.15) is 5.10 Å². The maximum Gasteiger partial charge on any atom is 0.130 e. The van der Waals surface area contributed by atoms with Crippen LogP contribution in [0.4, 0.5) is 5.82 Å². The van der Waals surface area contributed by atoms with E-state index in [0.29, 0.717) is 6.61 Å². The largest absolute Gasteiger partial charge is 0.383 e. The molecular weight excluding hydrogens is 214 g/mol. The van der Waals surface area contributed by atoms with Gasteiger partial charge in [0.25, 0.3) is 0 Å². The van der Waals surface area contributed by atoms with E-state index < -0.39 is 0 Å². The van der Waals surface area contributed by atoms with Crippen LogP contribution in [0.25, 0.3) is 5.69 Å². The summed E-state index contributed by atoms with van der Waals surface area (Å²) in [5.74, 6) is 0.748. The molecule has 1 aromatic carbocycles. The number of para-hydroxylation sites is 1. The van der Waals surface area contributed by atoms with Gasteiger partial charge in [0.05, 0.1) is 24.6 Å². The van der Waals surface area contributed by atoms with Crippen LogP contribution >= 0.6 is 0 Å². The van der Waals surface area contributed by atoms with E-state index >= 15 is 0 Å². The van der Waals surface area contributed by atoms with Crippen molar-refractivity contribution in [1.29, 1.82) is 0 Å². The number of ether oxygens (including phenoxy) is 1. The normalized spacial score (nSPS) is 14.6. The first-order valence-electron chi connectivity index (χ1n) is 5.77. The molecule has 2 aromatic rings. The summed E-state index contributed by atoms with van der Waals surface area (Å²) in [5, 5.41) is 4.55. The summed E-state index contributed by atoms with van der Waals surface area (Å²) in [5.41, 5.74) is 10.5. The Kier molecular flexibility index (Phi) is 2.37. The van der Waals surface area contributed by atoms with Crippen LogP contribution in [0.2, 0.25) is 0 Å². The zero-order valence-electron chi connectivity index (χ0n) is 9.81. The van der Waals surface area contributed by atoms with Gasteiger partial charge in [-0.1, -0.05) is 18.2 Å². The molecule has 0 amide bonds. The molecule has 0 unspecified atom stereocenters. The van der Waals surface area contributed by atoms with Gasteiger partial charge in [0.15, 0.2) is 0 Å². The van der Waals surface area contributed by atoms with Crippen molar-refractivity contribution in [2.75, 3.05) is 12.3 Å². The van der Waals surface area contributed by atoms with E-state index in [1.54, 1.807) is 0 Å². The van der Waals surface area contributed by atoms with Gasteiger partial charge in [-0.15, -0.1) is 0 Å². The maximum absolute atomic E-state index is 6.17. The van der Waals surface area contributed by atoms with E-state index in [2.05, 4.69) is 18.1 Å². The third kappa shape index (κ3) is 1.61. The van der Waals surface area contributed by atoms with E-state index in [0.717, 1.165) is 35.8 Å². The highest BCUT2D eigenvalue weighted by molar-refractivity contribution is 5.52. The molecule has 0 bridgehead atoms. The molecule has 1 aromatic heterocycles. The molecule has 0 saturated carbocycles. The topological polar surface area (TPSA) is 53.1 Å². The van der Waals surface area contributed by atoms with Gasteiger partial charge in [0.1, 0.15) is 5.82 Å². The van der Waals surface area contributed by atoms with Crippen LogP contribution in [0.15, 0.2) is 24.3 Å². The fourth-order valence-corrected chi connectivity index (χ4v) is 2.23. The van der Waals surface area contributed by atoms with E-state index in [1.165, 1.54) is 5.56 Å². The highest BCUT2D eigenvalue weighted by atomic mass is 16.5. The van der Waals surface area contributed by atoms with E-state index in [-0.39, 0.29) is 0 Å². The van der Waals surface area contributed by atoms with E-state index in [9.17, 15) is 0 Å². The first kappa shape index (κ1) is 10.4. The third-order valence-electron chi connectivity index (χ3n) is 3.19. The van der Waals surface area contributed by atoms with Crippen molar-refractivity contribution >= 4 is 5.82 Å². The number of hydrogen-bond donors (Lipinski definition) is 1. The number of aryl methyl sites for hydroxylation is 1. The van der Waals surface area contributed by atoms with E-state index in [1.807, 2.05) is 22.9 Å². The van der Waals surface area contributed by atoms with E-state index in [4.69, 9.17) is 10.5 Å². The Morgan fingerprint density at radius 2 is 2.18 bits per heavy atom. The lowest BCUT2D eigenvalue weighted by atomic mass is 10.1. The Hall–Kier alpha value is -1.81. The molecule has 0 aliphatic carbocycles. The SMILES string of the molecule is Cc1ccccc1-n1nc2c(c1N)CCOC2. The summed E-state index contributed by atoms with van der Waals surface area (Å²) in [6.07, 6.45) is 0.854. The molecule has 1 aliphatic heterocycles. The van der Waals surface area contributed by atoms with Crippen molar-refractivity contribution in [3.63, 3.8) is 0 Å². The van der Waals surface area contributed by atoms with Gasteiger partial charge in [0, 0.05) is 12.0 Å². The molecule has 88 valence electrons. The average molecular weight is 229 g/mol. The van der Waals surface area contributed by atoms with Crippen molar-refractivity contribution < 1.29 is 4.74 Å². The second-order valence-electron chi connectivity index (χ2n) is 4.31. The minimum Gasteiger partial charge on any atom is -0.383 e. The molecule has 1 aliphatic rings. The first-order valence-corrected chi connectivity index (χ1v) is 5.77. The Labute approximate surface area is 100 Å². The summed E-state index contributed by atoms with van der Waals surface area (Å²) in [6.45, 7) is 3.36. The molecule has 2 N–H and O–H groups in total. The predicted molar refractivity (Wildman–Crippen MR) is 66.1 cm³/mol. The molecule has 4 nitrogen and oxygen atoms in total. The second kappa shape index (κ2) is 3.89. The maximum atomic E-state index is 6.17. The number of aromatic nitrogens is 2. The van der Waals surface area contributed by atoms with Crippen LogP contribution in [0.3, 0.4) is 0 Å². The number of hydrogen-bond acceptors (Lipinski definition) is 3. The molecular formula is C13H15N3O. The summed E-state index contributed by atoms with van der Waals surface area (Å²) in [7, 11) is 0. The molecule has 17 heavy (non-hydrogen) atoms. The second-order valence-corrected chi connectivity index (χ2v) is 4.31. The Balaban J connectivity index is 2.16. The van der Waals surface area contributed by atoms with Gasteiger partial charge in [-0.3, -0.25) is 0 Å². The smallest absolute Gasteiger partial charge is 0.130 e. The number of rotatable bonds is 1. The number of nitrogen functional groups attached to an aromatic ring is 1. The number of anilines is 1. The molecule has 3 rings (SSSR count). The highest BCUT2D eigenvalue weighted by Crippen LogP contribution is 2.26. The van der Waals surface area contributed by atoms with Crippen molar-refractivity contribution in [3.8, 4) is 5.69 Å². The summed E-state index contributed by atoms with van der Waals surface area (Å²) >= 11 is 0. The number of nitrogens with two attached hydrogens (primary N) is 1. The lowest BCUT2D eigenvalue weighted by molar-refractivity contribution is 0.108. The number of benzene rings is 1. The van der Waals surface area contributed by atoms with Crippen molar-refractivity contribution in [3.05, 3.63) is 41.1 Å². The minimum absolute atomic E-state index is 0.568. The van der Waals surface area contributed by atoms with Crippen LogP contribution in [0.5, 0.6) is 0 Å². The van der Waals surface area contributed by atoms with Crippen molar-refractivity contribution in [2.24, 2.45) is 0 Å². The molecule has 0 saturated heterocycles. The minimum atomic E-state index is 0.568. The van der Waals surface area contributed by atoms with Crippen LogP contribution in [-0.2, 0) is 17.8 Å². The van der Waals surface area contributed by atoms with Crippen LogP contribution < -0.4 is 5.73 Å². The Morgan fingerprint density at radius 1 is 1.35 bits per heavy atom. The summed E-state index contributed by atoms with van der Waals surface area (Å²) < 4.78 is 7.23. The van der Waals surface area contributed by atoms with Gasteiger partial charge >= 0.3 is 0 Å². The van der Waals surface area contributed by atoms with Crippen LogP contribution in [0, 0.1) is 6.92 Å².